The van der Waals surface area contributed by atoms with Crippen molar-refractivity contribution in [2.24, 2.45) is 0 Å². The molecule has 0 aliphatic rings. The first-order valence-electron chi connectivity index (χ1n) is 3.13. The van der Waals surface area contributed by atoms with E-state index in [9.17, 15) is 10.1 Å². The fraction of sp³-hybridized carbons (Fsp3) is 0.143. The molecule has 64 valence electrons. The predicted molar refractivity (Wildman–Crippen MR) is 47.9 cm³/mol. The van der Waals surface area contributed by atoms with Crippen LogP contribution in [0, 0.1) is 17.0 Å². The second-order valence-corrected chi connectivity index (χ2v) is 3.07. The molecule has 1 rings (SSSR count). The number of rotatable bonds is 1. The van der Waals surface area contributed by atoms with Crippen LogP contribution in [0.15, 0.2) is 12.1 Å². The predicted octanol–water partition coefficient (Wildman–Crippen LogP) is 3.21. The second-order valence-electron chi connectivity index (χ2n) is 2.26. The lowest BCUT2D eigenvalue weighted by Crippen LogP contribution is -1.92. The molecule has 0 aliphatic heterocycles. The van der Waals surface area contributed by atoms with E-state index in [0.29, 0.717) is 10.6 Å². The summed E-state index contributed by atoms with van der Waals surface area (Å²) in [5.74, 6) is 0. The van der Waals surface area contributed by atoms with Crippen molar-refractivity contribution in [2.45, 2.75) is 6.92 Å². The smallest absolute Gasteiger partial charge is 0.258 e. The summed E-state index contributed by atoms with van der Waals surface area (Å²) in [4.78, 5) is 9.92. The maximum absolute atomic E-state index is 10.5. The minimum atomic E-state index is -0.538. The summed E-state index contributed by atoms with van der Waals surface area (Å²) in [5.41, 5.74) is 0.276. The molecule has 0 spiro atoms. The molecular formula is C7H5Cl2NO2. The van der Waals surface area contributed by atoms with Gasteiger partial charge >= 0.3 is 0 Å². The van der Waals surface area contributed by atoms with Gasteiger partial charge in [0.2, 0.25) is 0 Å². The van der Waals surface area contributed by atoms with E-state index in [1.54, 1.807) is 6.92 Å². The van der Waals surface area contributed by atoms with E-state index in [2.05, 4.69) is 0 Å². The Labute approximate surface area is 79.1 Å². The Kier molecular flexibility index (Phi) is 2.55. The number of nitro benzene ring substituents is 1. The maximum atomic E-state index is 10.5. The molecule has 0 saturated carbocycles. The number of nitro groups is 1. The highest BCUT2D eigenvalue weighted by molar-refractivity contribution is 6.35. The summed E-state index contributed by atoms with van der Waals surface area (Å²) in [6.07, 6.45) is 0. The van der Waals surface area contributed by atoms with Crippen LogP contribution in [0.4, 0.5) is 5.69 Å². The highest BCUT2D eigenvalue weighted by Crippen LogP contribution is 2.32. The lowest BCUT2D eigenvalue weighted by atomic mass is 10.2. The largest absolute Gasteiger partial charge is 0.292 e. The molecule has 0 aromatic heterocycles. The third-order valence-corrected chi connectivity index (χ3v) is 2.21. The number of hydrogen-bond acceptors (Lipinski definition) is 2. The second kappa shape index (κ2) is 3.29. The fourth-order valence-corrected chi connectivity index (χ4v) is 1.29. The van der Waals surface area contributed by atoms with Gasteiger partial charge in [-0.05, 0) is 19.1 Å². The first-order valence-corrected chi connectivity index (χ1v) is 3.88. The Morgan fingerprint density at radius 3 is 2.25 bits per heavy atom. The lowest BCUT2D eigenvalue weighted by molar-refractivity contribution is -0.385. The van der Waals surface area contributed by atoms with Crippen molar-refractivity contribution < 1.29 is 4.92 Å². The quantitative estimate of drug-likeness (QED) is 0.522. The average Bonchev–Trinajstić information content (AvgIpc) is 1.97. The fourth-order valence-electron chi connectivity index (χ4n) is 0.867. The maximum Gasteiger partial charge on any atom is 0.292 e. The molecule has 1 aromatic carbocycles. The van der Waals surface area contributed by atoms with Crippen molar-refractivity contribution in [2.75, 3.05) is 0 Å². The third-order valence-electron chi connectivity index (χ3n) is 1.50. The third kappa shape index (κ3) is 1.52. The molecule has 3 nitrogen and oxygen atoms in total. The summed E-state index contributed by atoms with van der Waals surface area (Å²) in [6.45, 7) is 1.56. The monoisotopic (exact) mass is 205 g/mol. The van der Waals surface area contributed by atoms with Crippen LogP contribution < -0.4 is 0 Å². The summed E-state index contributed by atoms with van der Waals surface area (Å²) in [5, 5.41) is 10.9. The number of nitrogens with zero attached hydrogens (tertiary/aromatic N) is 1. The molecule has 0 atom stereocenters. The van der Waals surface area contributed by atoms with Gasteiger partial charge in [-0.2, -0.15) is 0 Å². The first-order chi connectivity index (χ1) is 5.54. The Bertz CT molecular complexity index is 338. The van der Waals surface area contributed by atoms with E-state index < -0.39 is 4.92 Å². The van der Waals surface area contributed by atoms with Crippen molar-refractivity contribution in [3.63, 3.8) is 0 Å². The normalized spacial score (nSPS) is 9.92. The van der Waals surface area contributed by atoms with Crippen molar-refractivity contribution in [3.8, 4) is 0 Å². The van der Waals surface area contributed by atoms with E-state index >= 15 is 0 Å². The van der Waals surface area contributed by atoms with Crippen LogP contribution in [-0.2, 0) is 0 Å². The van der Waals surface area contributed by atoms with Gasteiger partial charge in [0.1, 0.15) is 5.02 Å². The summed E-state index contributed by atoms with van der Waals surface area (Å²) in [7, 11) is 0. The summed E-state index contributed by atoms with van der Waals surface area (Å²) in [6, 6.07) is 2.95. The molecule has 0 radical (unpaired) electrons. The van der Waals surface area contributed by atoms with Gasteiger partial charge < -0.3 is 0 Å². The standard InChI is InChI=1S/C7H5Cl2NO2/c1-4-5(8)2-3-6(9)7(4)10(11)12/h2-3H,1H3. The number of halogens is 2. The molecule has 0 heterocycles. The molecule has 12 heavy (non-hydrogen) atoms. The number of hydrogen-bond donors (Lipinski definition) is 0. The van der Waals surface area contributed by atoms with E-state index in [0.717, 1.165) is 0 Å². The van der Waals surface area contributed by atoms with Gasteiger partial charge in [0, 0.05) is 5.56 Å². The molecule has 0 N–H and O–H groups in total. The molecule has 0 amide bonds. The SMILES string of the molecule is Cc1c(Cl)ccc(Cl)c1[N+](=O)[O-]. The van der Waals surface area contributed by atoms with Crippen LogP contribution in [0.1, 0.15) is 5.56 Å². The average molecular weight is 206 g/mol. The molecule has 5 heteroatoms. The molecule has 0 saturated heterocycles. The Balaban J connectivity index is 3.43. The Hall–Kier alpha value is -0.800. The van der Waals surface area contributed by atoms with Crippen LogP contribution in [0.5, 0.6) is 0 Å². The van der Waals surface area contributed by atoms with Crippen LogP contribution in [-0.4, -0.2) is 4.92 Å². The van der Waals surface area contributed by atoms with Gasteiger partial charge in [-0.25, -0.2) is 0 Å². The molecule has 0 unspecified atom stereocenters. The van der Waals surface area contributed by atoms with Gasteiger partial charge in [-0.15, -0.1) is 0 Å². The number of benzene rings is 1. The van der Waals surface area contributed by atoms with Gasteiger partial charge in [-0.1, -0.05) is 23.2 Å². The van der Waals surface area contributed by atoms with Crippen LogP contribution in [0.2, 0.25) is 10.0 Å². The van der Waals surface area contributed by atoms with Crippen molar-refractivity contribution in [1.82, 2.24) is 0 Å². The Morgan fingerprint density at radius 1 is 1.33 bits per heavy atom. The minimum Gasteiger partial charge on any atom is -0.258 e. The molecular weight excluding hydrogens is 201 g/mol. The summed E-state index contributed by atoms with van der Waals surface area (Å²) < 4.78 is 0. The highest BCUT2D eigenvalue weighted by Gasteiger charge is 2.17. The zero-order valence-corrected chi connectivity index (χ0v) is 7.69. The van der Waals surface area contributed by atoms with Gasteiger partial charge in [-0.3, -0.25) is 10.1 Å². The molecule has 0 fully saturated rings. The van der Waals surface area contributed by atoms with Crippen molar-refractivity contribution in [3.05, 3.63) is 37.9 Å². The van der Waals surface area contributed by atoms with E-state index in [1.807, 2.05) is 0 Å². The molecule has 1 aromatic rings. The lowest BCUT2D eigenvalue weighted by Gasteiger charge is -2.00. The van der Waals surface area contributed by atoms with Crippen molar-refractivity contribution >= 4 is 28.9 Å². The minimum absolute atomic E-state index is 0.113. The van der Waals surface area contributed by atoms with Crippen LogP contribution >= 0.6 is 23.2 Å². The van der Waals surface area contributed by atoms with Gasteiger partial charge in [0.15, 0.2) is 0 Å². The molecule has 0 bridgehead atoms. The first kappa shape index (κ1) is 9.29. The van der Waals surface area contributed by atoms with Crippen LogP contribution in [0.25, 0.3) is 0 Å². The summed E-state index contributed by atoms with van der Waals surface area (Å²) >= 11 is 11.3. The zero-order valence-electron chi connectivity index (χ0n) is 6.17. The van der Waals surface area contributed by atoms with Gasteiger partial charge in [0.05, 0.1) is 9.95 Å². The van der Waals surface area contributed by atoms with Crippen molar-refractivity contribution in [1.29, 1.82) is 0 Å². The van der Waals surface area contributed by atoms with E-state index in [4.69, 9.17) is 23.2 Å². The highest BCUT2D eigenvalue weighted by atomic mass is 35.5. The zero-order chi connectivity index (χ0) is 9.30. The topological polar surface area (TPSA) is 43.1 Å². The van der Waals surface area contributed by atoms with Gasteiger partial charge in [0.25, 0.3) is 5.69 Å². The Morgan fingerprint density at radius 2 is 1.83 bits per heavy atom. The van der Waals surface area contributed by atoms with E-state index in [-0.39, 0.29) is 10.7 Å². The molecule has 0 aliphatic carbocycles. The van der Waals surface area contributed by atoms with Crippen LogP contribution in [0.3, 0.4) is 0 Å². The van der Waals surface area contributed by atoms with E-state index in [1.165, 1.54) is 12.1 Å².